The summed E-state index contributed by atoms with van der Waals surface area (Å²) in [7, 11) is 0. The molecule has 3 aromatic rings. The van der Waals surface area contributed by atoms with E-state index >= 15 is 0 Å². The van der Waals surface area contributed by atoms with E-state index in [2.05, 4.69) is 63.0 Å². The Hall–Kier alpha value is -3.32. The number of aromatic nitrogens is 1. The van der Waals surface area contributed by atoms with E-state index in [1.54, 1.807) is 6.26 Å². The first-order valence-corrected chi connectivity index (χ1v) is 13.7. The summed E-state index contributed by atoms with van der Waals surface area (Å²) in [5.41, 5.74) is 3.64. The summed E-state index contributed by atoms with van der Waals surface area (Å²) in [6.45, 7) is 9.71. The van der Waals surface area contributed by atoms with Crippen molar-refractivity contribution in [3.63, 3.8) is 0 Å². The monoisotopic (exact) mass is 499 g/mol. The lowest BCUT2D eigenvalue weighted by molar-refractivity contribution is 0.0605. The molecule has 0 N–H and O–H groups in total. The molecule has 3 aliphatic rings. The van der Waals surface area contributed by atoms with Gasteiger partial charge in [-0.15, -0.1) is 0 Å². The van der Waals surface area contributed by atoms with Gasteiger partial charge >= 0.3 is 0 Å². The van der Waals surface area contributed by atoms with E-state index in [4.69, 9.17) is 4.42 Å². The third-order valence-electron chi connectivity index (χ3n) is 8.30. The number of fused-ring (bicyclic) bond motifs is 1. The molecule has 2 aromatic heterocycles. The first kappa shape index (κ1) is 24.0. The van der Waals surface area contributed by atoms with Crippen molar-refractivity contribution in [1.29, 1.82) is 0 Å². The van der Waals surface area contributed by atoms with Crippen molar-refractivity contribution in [3.05, 3.63) is 77.9 Å². The fourth-order valence-corrected chi connectivity index (χ4v) is 6.31. The molecule has 6 rings (SSSR count). The number of pyridine rings is 1. The number of piperidine rings is 1. The SMILES string of the molecule is CC1Cc2ccccc2N1Cc1ccoc1C(=O)N1CCCC(CN2CCN(c3ccccn3)CC2)C1. The van der Waals surface area contributed by atoms with Gasteiger partial charge in [-0.1, -0.05) is 24.3 Å². The zero-order valence-electron chi connectivity index (χ0n) is 21.8. The van der Waals surface area contributed by atoms with Crippen LogP contribution >= 0.6 is 0 Å². The van der Waals surface area contributed by atoms with Crippen LogP contribution in [0.15, 0.2) is 65.4 Å². The number of carbonyl (C=O) groups is 1. The highest BCUT2D eigenvalue weighted by Gasteiger charge is 2.32. The molecule has 7 heteroatoms. The number of piperazine rings is 1. The third-order valence-corrected chi connectivity index (χ3v) is 8.30. The summed E-state index contributed by atoms with van der Waals surface area (Å²) in [6.07, 6.45) is 6.82. The van der Waals surface area contributed by atoms with Crippen LogP contribution in [0.1, 0.15) is 41.4 Å². The molecule has 0 saturated carbocycles. The number of rotatable bonds is 6. The van der Waals surface area contributed by atoms with Crippen molar-refractivity contribution < 1.29 is 9.21 Å². The first-order valence-electron chi connectivity index (χ1n) is 13.7. The molecule has 194 valence electrons. The van der Waals surface area contributed by atoms with Crippen molar-refractivity contribution in [2.24, 2.45) is 5.92 Å². The molecule has 2 fully saturated rings. The summed E-state index contributed by atoms with van der Waals surface area (Å²) in [5, 5.41) is 0. The number of amides is 1. The zero-order chi connectivity index (χ0) is 25.2. The van der Waals surface area contributed by atoms with Crippen molar-refractivity contribution >= 4 is 17.4 Å². The molecule has 1 amide bonds. The van der Waals surface area contributed by atoms with Crippen LogP contribution in [0.4, 0.5) is 11.5 Å². The summed E-state index contributed by atoms with van der Waals surface area (Å²) in [6, 6.07) is 17.1. The molecule has 7 nitrogen and oxygen atoms in total. The van der Waals surface area contributed by atoms with Gasteiger partial charge in [0.15, 0.2) is 5.76 Å². The van der Waals surface area contributed by atoms with E-state index in [-0.39, 0.29) is 5.91 Å². The number of hydrogen-bond donors (Lipinski definition) is 0. The van der Waals surface area contributed by atoms with Crippen LogP contribution in [0.5, 0.6) is 0 Å². The summed E-state index contributed by atoms with van der Waals surface area (Å²) >= 11 is 0. The van der Waals surface area contributed by atoms with Gasteiger partial charge in [-0.3, -0.25) is 9.69 Å². The minimum absolute atomic E-state index is 0.0461. The highest BCUT2D eigenvalue weighted by Crippen LogP contribution is 2.34. The van der Waals surface area contributed by atoms with Gasteiger partial charge in [0.2, 0.25) is 0 Å². The second-order valence-electron chi connectivity index (χ2n) is 10.8. The average molecular weight is 500 g/mol. The molecule has 0 bridgehead atoms. The lowest BCUT2D eigenvalue weighted by Crippen LogP contribution is -2.50. The van der Waals surface area contributed by atoms with Crippen LogP contribution in [0.3, 0.4) is 0 Å². The summed E-state index contributed by atoms with van der Waals surface area (Å²) in [5.74, 6) is 2.13. The Balaban J connectivity index is 1.06. The number of anilines is 2. The molecule has 37 heavy (non-hydrogen) atoms. The van der Waals surface area contributed by atoms with E-state index in [0.717, 1.165) is 70.0 Å². The van der Waals surface area contributed by atoms with Gasteiger partial charge in [-0.2, -0.15) is 0 Å². The Morgan fingerprint density at radius 3 is 2.70 bits per heavy atom. The predicted octanol–water partition coefficient (Wildman–Crippen LogP) is 4.30. The Bertz CT molecular complexity index is 1200. The average Bonchev–Trinajstić information content (AvgIpc) is 3.53. The maximum Gasteiger partial charge on any atom is 0.289 e. The van der Waals surface area contributed by atoms with Crippen LogP contribution in [-0.2, 0) is 13.0 Å². The smallest absolute Gasteiger partial charge is 0.289 e. The molecule has 0 aliphatic carbocycles. The number of hydrogen-bond acceptors (Lipinski definition) is 6. The van der Waals surface area contributed by atoms with Crippen LogP contribution in [-0.4, -0.2) is 72.5 Å². The van der Waals surface area contributed by atoms with Gasteiger partial charge in [-0.05, 0) is 61.9 Å². The largest absolute Gasteiger partial charge is 0.459 e. The number of nitrogens with zero attached hydrogens (tertiary/aromatic N) is 5. The molecule has 1 aromatic carbocycles. The second-order valence-corrected chi connectivity index (χ2v) is 10.8. The lowest BCUT2D eigenvalue weighted by Gasteiger charge is -2.39. The number of likely N-dealkylation sites (tertiary alicyclic amines) is 1. The molecule has 2 saturated heterocycles. The van der Waals surface area contributed by atoms with Gasteiger partial charge in [0, 0.05) is 75.8 Å². The fourth-order valence-electron chi connectivity index (χ4n) is 6.31. The van der Waals surface area contributed by atoms with E-state index in [1.165, 1.54) is 17.7 Å². The lowest BCUT2D eigenvalue weighted by atomic mass is 9.96. The van der Waals surface area contributed by atoms with Crippen LogP contribution in [0.2, 0.25) is 0 Å². The molecule has 2 unspecified atom stereocenters. The topological polar surface area (TPSA) is 56.1 Å². The molecular formula is C30H37N5O2. The van der Waals surface area contributed by atoms with E-state index in [9.17, 15) is 4.79 Å². The van der Waals surface area contributed by atoms with Crippen LogP contribution in [0.25, 0.3) is 0 Å². The van der Waals surface area contributed by atoms with Gasteiger partial charge < -0.3 is 19.1 Å². The normalized spacial score (nSPS) is 22.4. The molecule has 5 heterocycles. The molecule has 0 spiro atoms. The second kappa shape index (κ2) is 10.6. The van der Waals surface area contributed by atoms with Crippen LogP contribution in [0, 0.1) is 5.92 Å². The van der Waals surface area contributed by atoms with Gasteiger partial charge in [0.25, 0.3) is 5.91 Å². The minimum atomic E-state index is 0.0461. The number of benzene rings is 1. The van der Waals surface area contributed by atoms with Crippen molar-refractivity contribution in [2.45, 2.75) is 38.8 Å². The number of furan rings is 1. The first-order chi connectivity index (χ1) is 18.2. The van der Waals surface area contributed by atoms with E-state index in [0.29, 0.717) is 24.3 Å². The Morgan fingerprint density at radius 1 is 1.03 bits per heavy atom. The Kier molecular flexibility index (Phi) is 6.87. The number of carbonyl (C=O) groups excluding carboxylic acids is 1. The van der Waals surface area contributed by atoms with Crippen molar-refractivity contribution in [1.82, 2.24) is 14.8 Å². The minimum Gasteiger partial charge on any atom is -0.459 e. The highest BCUT2D eigenvalue weighted by molar-refractivity contribution is 5.93. The zero-order valence-corrected chi connectivity index (χ0v) is 21.8. The predicted molar refractivity (Wildman–Crippen MR) is 146 cm³/mol. The Morgan fingerprint density at radius 2 is 1.86 bits per heavy atom. The maximum absolute atomic E-state index is 13.6. The molecular weight excluding hydrogens is 462 g/mol. The third kappa shape index (κ3) is 5.10. The summed E-state index contributed by atoms with van der Waals surface area (Å²) in [4.78, 5) is 27.5. The molecule has 3 aliphatic heterocycles. The standard InChI is InChI=1S/C30H37N5O2/c1-23-19-25-8-2-3-9-27(25)35(23)22-26-11-18-37-29(26)30(36)34-13-6-7-24(21-34)20-32-14-16-33(17-15-32)28-10-4-5-12-31-28/h2-5,8-12,18,23-24H,6-7,13-17,19-22H2,1H3. The van der Waals surface area contributed by atoms with Gasteiger partial charge in [0.05, 0.1) is 6.26 Å². The summed E-state index contributed by atoms with van der Waals surface area (Å²) < 4.78 is 5.81. The number of para-hydroxylation sites is 1. The fraction of sp³-hybridized carbons (Fsp3) is 0.467. The highest BCUT2D eigenvalue weighted by atomic mass is 16.3. The van der Waals surface area contributed by atoms with Crippen LogP contribution < -0.4 is 9.80 Å². The van der Waals surface area contributed by atoms with Crippen molar-refractivity contribution in [2.75, 3.05) is 55.6 Å². The van der Waals surface area contributed by atoms with Gasteiger partial charge in [0.1, 0.15) is 5.82 Å². The van der Waals surface area contributed by atoms with E-state index < -0.39 is 0 Å². The maximum atomic E-state index is 13.6. The molecule has 2 atom stereocenters. The quantitative estimate of drug-likeness (QED) is 0.504. The van der Waals surface area contributed by atoms with Gasteiger partial charge in [-0.25, -0.2) is 4.98 Å². The van der Waals surface area contributed by atoms with Crippen molar-refractivity contribution in [3.8, 4) is 0 Å². The molecule has 0 radical (unpaired) electrons. The van der Waals surface area contributed by atoms with E-state index in [1.807, 2.05) is 23.2 Å². The Labute approximate surface area is 219 Å².